The standard InChI is InChI=1S/C22H20N4O4/c1-3-23-21-19(14-5-7-17-18(10-14)30-12-29-17)25-20-16-11-15(24-22(27)28-2)6-4-13(16)8-9-26(20)21/h4-11,23H,3,12H2,1-2H3,(H,24,27). The van der Waals surface area contributed by atoms with Crippen LogP contribution in [0.4, 0.5) is 16.3 Å². The molecular formula is C22H20N4O4. The van der Waals surface area contributed by atoms with Gasteiger partial charge in [-0.3, -0.25) is 9.72 Å². The highest BCUT2D eigenvalue weighted by atomic mass is 16.7. The van der Waals surface area contributed by atoms with Gasteiger partial charge in [0.1, 0.15) is 17.2 Å². The van der Waals surface area contributed by atoms with E-state index in [0.29, 0.717) is 11.4 Å². The van der Waals surface area contributed by atoms with Gasteiger partial charge in [0.25, 0.3) is 0 Å². The lowest BCUT2D eigenvalue weighted by Crippen LogP contribution is -2.10. The Labute approximate surface area is 172 Å². The van der Waals surface area contributed by atoms with E-state index in [1.165, 1.54) is 7.11 Å². The van der Waals surface area contributed by atoms with Crippen LogP contribution in [0.5, 0.6) is 11.5 Å². The van der Waals surface area contributed by atoms with Crippen molar-refractivity contribution in [1.29, 1.82) is 0 Å². The summed E-state index contributed by atoms with van der Waals surface area (Å²) in [7, 11) is 1.34. The molecule has 2 aromatic carbocycles. The highest BCUT2D eigenvalue weighted by Gasteiger charge is 2.19. The molecule has 0 saturated carbocycles. The average Bonchev–Trinajstić information content (AvgIpc) is 3.38. The highest BCUT2D eigenvalue weighted by Crippen LogP contribution is 2.39. The number of hydrogen-bond acceptors (Lipinski definition) is 6. The predicted molar refractivity (Wildman–Crippen MR) is 114 cm³/mol. The van der Waals surface area contributed by atoms with Crippen molar-refractivity contribution in [3.8, 4) is 22.8 Å². The molecule has 0 fully saturated rings. The zero-order valence-electron chi connectivity index (χ0n) is 16.6. The number of benzene rings is 2. The van der Waals surface area contributed by atoms with Crippen LogP contribution in [0.25, 0.3) is 27.7 Å². The number of nitrogens with one attached hydrogen (secondary N) is 2. The number of aromatic nitrogens is 2. The maximum Gasteiger partial charge on any atom is 0.411 e. The molecule has 8 nitrogen and oxygen atoms in total. The molecule has 1 amide bonds. The summed E-state index contributed by atoms with van der Waals surface area (Å²) < 4.78 is 17.7. The SMILES string of the molecule is CCNc1c(-c2ccc3c(c2)OCO3)nc2c3cc(NC(=O)OC)ccc3ccn12. The number of imidazole rings is 1. The maximum absolute atomic E-state index is 11.6. The molecule has 0 spiro atoms. The third-order valence-corrected chi connectivity index (χ3v) is 5.03. The summed E-state index contributed by atoms with van der Waals surface area (Å²) >= 11 is 0. The molecule has 2 N–H and O–H groups in total. The molecule has 4 aromatic rings. The summed E-state index contributed by atoms with van der Waals surface area (Å²) in [5.74, 6) is 2.33. The molecule has 0 saturated heterocycles. The van der Waals surface area contributed by atoms with E-state index >= 15 is 0 Å². The first-order valence-electron chi connectivity index (χ1n) is 9.61. The van der Waals surface area contributed by atoms with Gasteiger partial charge in [-0.2, -0.15) is 0 Å². The molecule has 5 rings (SSSR count). The highest BCUT2D eigenvalue weighted by molar-refractivity contribution is 6.00. The van der Waals surface area contributed by atoms with Gasteiger partial charge in [0.05, 0.1) is 7.11 Å². The van der Waals surface area contributed by atoms with Gasteiger partial charge in [0.2, 0.25) is 6.79 Å². The topological polar surface area (TPSA) is 86.1 Å². The zero-order chi connectivity index (χ0) is 20.7. The van der Waals surface area contributed by atoms with Crippen molar-refractivity contribution in [2.24, 2.45) is 0 Å². The quantitative estimate of drug-likeness (QED) is 0.521. The molecule has 3 heterocycles. The molecular weight excluding hydrogens is 384 g/mol. The van der Waals surface area contributed by atoms with Gasteiger partial charge in [-0.15, -0.1) is 0 Å². The number of carbonyl (C=O) groups is 1. The van der Waals surface area contributed by atoms with Gasteiger partial charge in [0, 0.05) is 29.4 Å². The van der Waals surface area contributed by atoms with Gasteiger partial charge >= 0.3 is 6.09 Å². The second-order valence-corrected chi connectivity index (χ2v) is 6.84. The number of pyridine rings is 1. The third-order valence-electron chi connectivity index (χ3n) is 5.03. The van der Waals surface area contributed by atoms with Crippen molar-refractivity contribution in [2.75, 3.05) is 31.1 Å². The normalized spacial score (nSPS) is 12.3. The molecule has 8 heteroatoms. The van der Waals surface area contributed by atoms with Crippen molar-refractivity contribution in [2.45, 2.75) is 6.92 Å². The summed E-state index contributed by atoms with van der Waals surface area (Å²) in [5, 5.41) is 8.07. The fraction of sp³-hybridized carbons (Fsp3) is 0.182. The van der Waals surface area contributed by atoms with Gasteiger partial charge in [-0.25, -0.2) is 9.78 Å². The second-order valence-electron chi connectivity index (χ2n) is 6.84. The number of carbonyl (C=O) groups excluding carboxylic acids is 1. The zero-order valence-corrected chi connectivity index (χ0v) is 16.6. The van der Waals surface area contributed by atoms with Crippen molar-refractivity contribution >= 4 is 34.0 Å². The largest absolute Gasteiger partial charge is 0.454 e. The number of methoxy groups -OCH3 is 1. The number of anilines is 2. The Morgan fingerprint density at radius 3 is 2.87 bits per heavy atom. The molecule has 0 aliphatic carbocycles. The van der Waals surface area contributed by atoms with Crippen molar-refractivity contribution in [1.82, 2.24) is 9.38 Å². The van der Waals surface area contributed by atoms with Gasteiger partial charge < -0.3 is 19.5 Å². The van der Waals surface area contributed by atoms with Gasteiger partial charge in [-0.05, 0) is 48.7 Å². The van der Waals surface area contributed by atoms with Crippen LogP contribution in [0.3, 0.4) is 0 Å². The predicted octanol–water partition coefficient (Wildman–Crippen LogP) is 4.49. The van der Waals surface area contributed by atoms with E-state index in [2.05, 4.69) is 10.6 Å². The lowest BCUT2D eigenvalue weighted by molar-refractivity contribution is 0.174. The minimum absolute atomic E-state index is 0.227. The monoisotopic (exact) mass is 404 g/mol. The van der Waals surface area contributed by atoms with Crippen LogP contribution in [0.15, 0.2) is 48.7 Å². The molecule has 0 radical (unpaired) electrons. The fourth-order valence-corrected chi connectivity index (χ4v) is 3.65. The van der Waals surface area contributed by atoms with Crippen molar-refractivity contribution < 1.29 is 19.0 Å². The molecule has 2 aromatic heterocycles. The molecule has 152 valence electrons. The summed E-state index contributed by atoms with van der Waals surface area (Å²) in [6.45, 7) is 3.01. The Morgan fingerprint density at radius 1 is 1.17 bits per heavy atom. The van der Waals surface area contributed by atoms with E-state index in [0.717, 1.165) is 45.8 Å². The van der Waals surface area contributed by atoms with Crippen LogP contribution in [0, 0.1) is 0 Å². The third kappa shape index (κ3) is 2.93. The minimum Gasteiger partial charge on any atom is -0.454 e. The molecule has 1 aliphatic heterocycles. The second kappa shape index (κ2) is 7.14. The molecule has 0 bridgehead atoms. The molecule has 30 heavy (non-hydrogen) atoms. The number of fused-ring (bicyclic) bond motifs is 4. The van der Waals surface area contributed by atoms with E-state index in [1.54, 1.807) is 0 Å². The van der Waals surface area contributed by atoms with Crippen LogP contribution in [0.1, 0.15) is 6.92 Å². The lowest BCUT2D eigenvalue weighted by Gasteiger charge is -2.08. The van der Waals surface area contributed by atoms with Gasteiger partial charge in [-0.1, -0.05) is 6.07 Å². The first-order valence-corrected chi connectivity index (χ1v) is 9.61. The van der Waals surface area contributed by atoms with Crippen LogP contribution in [-0.2, 0) is 4.74 Å². The summed E-state index contributed by atoms with van der Waals surface area (Å²) in [4.78, 5) is 16.6. The number of hydrogen-bond donors (Lipinski definition) is 2. The first-order chi connectivity index (χ1) is 14.7. The maximum atomic E-state index is 11.6. The minimum atomic E-state index is -0.515. The molecule has 0 unspecified atom stereocenters. The van der Waals surface area contributed by atoms with E-state index < -0.39 is 6.09 Å². The van der Waals surface area contributed by atoms with Crippen molar-refractivity contribution in [3.05, 3.63) is 48.7 Å². The Hall–Kier alpha value is -3.94. The number of nitrogens with zero attached hydrogens (tertiary/aromatic N) is 2. The average molecular weight is 404 g/mol. The summed E-state index contributed by atoms with van der Waals surface area (Å²) in [6, 6.07) is 13.5. The number of ether oxygens (including phenoxy) is 3. The Balaban J connectivity index is 1.70. The number of amides is 1. The van der Waals surface area contributed by atoms with Gasteiger partial charge in [0.15, 0.2) is 11.5 Å². The molecule has 0 atom stereocenters. The molecule has 1 aliphatic rings. The summed E-state index contributed by atoms with van der Waals surface area (Å²) in [5.41, 5.74) is 3.16. The number of rotatable bonds is 4. The lowest BCUT2D eigenvalue weighted by atomic mass is 10.1. The Bertz CT molecular complexity index is 1280. The van der Waals surface area contributed by atoms with E-state index in [9.17, 15) is 4.79 Å². The van der Waals surface area contributed by atoms with Crippen LogP contribution < -0.4 is 20.1 Å². The fourth-order valence-electron chi connectivity index (χ4n) is 3.65. The van der Waals surface area contributed by atoms with Crippen molar-refractivity contribution in [3.63, 3.8) is 0 Å². The van der Waals surface area contributed by atoms with Crippen LogP contribution in [0.2, 0.25) is 0 Å². The Kier molecular flexibility index (Phi) is 4.31. The van der Waals surface area contributed by atoms with E-state index in [1.807, 2.05) is 60.0 Å². The van der Waals surface area contributed by atoms with E-state index in [-0.39, 0.29) is 6.79 Å². The van der Waals surface area contributed by atoms with E-state index in [4.69, 9.17) is 19.2 Å². The van der Waals surface area contributed by atoms with Crippen LogP contribution in [-0.4, -0.2) is 35.9 Å². The summed E-state index contributed by atoms with van der Waals surface area (Å²) in [6.07, 6.45) is 1.48. The first kappa shape index (κ1) is 18.1. The van der Waals surface area contributed by atoms with Crippen LogP contribution >= 0.6 is 0 Å². The smallest absolute Gasteiger partial charge is 0.411 e. The Morgan fingerprint density at radius 2 is 2.03 bits per heavy atom.